The number of hydrogen-bond donors (Lipinski definition) is 2. The number of nitrogens with zero attached hydrogens (tertiary/aromatic N) is 4. The molecule has 132 valence electrons. The number of anilines is 1. The number of nitrogens with one attached hydrogen (secondary N) is 1. The fourth-order valence-corrected chi connectivity index (χ4v) is 4.28. The minimum atomic E-state index is 0.0508. The third-order valence-corrected chi connectivity index (χ3v) is 5.64. The van der Waals surface area contributed by atoms with E-state index in [9.17, 15) is 5.11 Å². The number of phenolic OH excluding ortho intramolecular Hbond substituents is 1. The normalized spacial score (nSPS) is 17.9. The molecule has 1 aromatic carbocycles. The predicted octanol–water partition coefficient (Wildman–Crippen LogP) is 4.12. The van der Waals surface area contributed by atoms with Crippen LogP contribution in [0.25, 0.3) is 26.2 Å². The Bertz CT molecular complexity index is 993. The molecule has 1 saturated heterocycles. The molecule has 0 saturated carbocycles. The molecule has 2 aromatic heterocycles. The molecule has 0 unspecified atom stereocenters. The predicted molar refractivity (Wildman–Crippen MR) is 105 cm³/mol. The minimum Gasteiger partial charge on any atom is -0.509 e. The van der Waals surface area contributed by atoms with Crippen molar-refractivity contribution in [2.24, 2.45) is 0 Å². The molecule has 26 heavy (non-hydrogen) atoms. The van der Waals surface area contributed by atoms with Crippen LogP contribution < -0.4 is 5.32 Å². The van der Waals surface area contributed by atoms with Gasteiger partial charge < -0.3 is 15.3 Å². The molecule has 3 aromatic rings. The van der Waals surface area contributed by atoms with Gasteiger partial charge in [0.15, 0.2) is 11.5 Å². The second-order valence-electron chi connectivity index (χ2n) is 6.62. The SMILES string of the molecule is [C-]#[N+]c1ccc(-c2nnc(N[C@@H]3CCCN(C)C3)c3sccc23)c(O)c1. The fourth-order valence-electron chi connectivity index (χ4n) is 3.44. The maximum atomic E-state index is 10.3. The summed E-state index contributed by atoms with van der Waals surface area (Å²) < 4.78 is 1.04. The molecule has 0 radical (unpaired) electrons. The van der Waals surface area contributed by atoms with Crippen molar-refractivity contribution < 1.29 is 5.11 Å². The van der Waals surface area contributed by atoms with E-state index in [0.29, 0.717) is 23.0 Å². The van der Waals surface area contributed by atoms with Gasteiger partial charge in [0.2, 0.25) is 0 Å². The summed E-state index contributed by atoms with van der Waals surface area (Å²) in [7, 11) is 2.14. The van der Waals surface area contributed by atoms with Crippen molar-refractivity contribution in [3.05, 3.63) is 41.1 Å². The lowest BCUT2D eigenvalue weighted by Gasteiger charge is -2.30. The van der Waals surface area contributed by atoms with Crippen molar-refractivity contribution in [3.8, 4) is 17.0 Å². The van der Waals surface area contributed by atoms with Crippen LogP contribution >= 0.6 is 11.3 Å². The molecule has 4 rings (SSSR count). The molecule has 2 N–H and O–H groups in total. The maximum Gasteiger partial charge on any atom is 0.190 e. The molecule has 7 heteroatoms. The van der Waals surface area contributed by atoms with Gasteiger partial charge in [-0.25, -0.2) is 4.85 Å². The van der Waals surface area contributed by atoms with Crippen LogP contribution in [0, 0.1) is 6.57 Å². The van der Waals surface area contributed by atoms with Gasteiger partial charge in [0.25, 0.3) is 0 Å². The van der Waals surface area contributed by atoms with Gasteiger partial charge in [-0.05, 0) is 43.9 Å². The molecule has 6 nitrogen and oxygen atoms in total. The number of piperidine rings is 1. The number of aromatic nitrogens is 2. The molecule has 1 atom stereocenters. The number of rotatable bonds is 3. The van der Waals surface area contributed by atoms with E-state index in [4.69, 9.17) is 6.57 Å². The number of hydrogen-bond acceptors (Lipinski definition) is 6. The van der Waals surface area contributed by atoms with Crippen LogP contribution in [0.2, 0.25) is 0 Å². The molecule has 0 aliphatic carbocycles. The number of fused-ring (bicyclic) bond motifs is 1. The van der Waals surface area contributed by atoms with Gasteiger partial charge in [0.1, 0.15) is 11.4 Å². The Labute approximate surface area is 155 Å². The molecule has 0 amide bonds. The van der Waals surface area contributed by atoms with E-state index >= 15 is 0 Å². The lowest BCUT2D eigenvalue weighted by molar-refractivity contribution is 0.261. The summed E-state index contributed by atoms with van der Waals surface area (Å²) in [5.41, 5.74) is 1.64. The molecular formula is C19H19N5OS. The third-order valence-electron chi connectivity index (χ3n) is 4.72. The van der Waals surface area contributed by atoms with E-state index in [-0.39, 0.29) is 5.75 Å². The van der Waals surface area contributed by atoms with Crippen LogP contribution in [-0.4, -0.2) is 46.4 Å². The highest BCUT2D eigenvalue weighted by Gasteiger charge is 2.20. The quantitative estimate of drug-likeness (QED) is 0.684. The Hall–Kier alpha value is -2.69. The molecular weight excluding hydrogens is 346 g/mol. The standard InChI is InChI=1S/C19H19N5OS/c1-20-12-5-6-14(16(25)10-12)17-15-7-9-26-18(15)19(23-22-17)21-13-4-3-8-24(2)11-13/h5-7,9-10,13,25H,3-4,8,11H2,2H3,(H,21,23)/t13-/m1/s1. The summed E-state index contributed by atoms with van der Waals surface area (Å²) in [5.74, 6) is 0.853. The van der Waals surface area contributed by atoms with Crippen LogP contribution in [0.15, 0.2) is 29.6 Å². The monoisotopic (exact) mass is 365 g/mol. The van der Waals surface area contributed by atoms with Gasteiger partial charge in [0.05, 0.1) is 11.3 Å². The first-order valence-corrected chi connectivity index (χ1v) is 9.43. The molecule has 0 spiro atoms. The third kappa shape index (κ3) is 3.09. The van der Waals surface area contributed by atoms with E-state index in [1.54, 1.807) is 23.5 Å². The summed E-state index contributed by atoms with van der Waals surface area (Å²) in [6, 6.07) is 7.25. The second kappa shape index (κ2) is 6.90. The Morgan fingerprint density at radius 3 is 3.00 bits per heavy atom. The summed E-state index contributed by atoms with van der Waals surface area (Å²) in [4.78, 5) is 5.67. The Balaban J connectivity index is 1.71. The second-order valence-corrected chi connectivity index (χ2v) is 7.54. The first-order valence-electron chi connectivity index (χ1n) is 8.55. The van der Waals surface area contributed by atoms with Crippen molar-refractivity contribution in [1.82, 2.24) is 15.1 Å². The lowest BCUT2D eigenvalue weighted by atomic mass is 10.1. The van der Waals surface area contributed by atoms with Crippen LogP contribution in [-0.2, 0) is 0 Å². The van der Waals surface area contributed by atoms with Crippen molar-refractivity contribution in [3.63, 3.8) is 0 Å². The van der Waals surface area contributed by atoms with Crippen molar-refractivity contribution in [1.29, 1.82) is 0 Å². The zero-order chi connectivity index (χ0) is 18.1. The number of phenols is 1. The molecule has 1 aliphatic heterocycles. The van der Waals surface area contributed by atoms with E-state index in [2.05, 4.69) is 32.3 Å². The van der Waals surface area contributed by atoms with E-state index < -0.39 is 0 Å². The Morgan fingerprint density at radius 1 is 1.35 bits per heavy atom. The summed E-state index contributed by atoms with van der Waals surface area (Å²) in [6.45, 7) is 9.19. The fraction of sp³-hybridized carbons (Fsp3) is 0.316. The van der Waals surface area contributed by atoms with E-state index in [0.717, 1.165) is 35.4 Å². The molecule has 1 aliphatic rings. The van der Waals surface area contributed by atoms with Gasteiger partial charge in [-0.15, -0.1) is 21.5 Å². The number of thiophene rings is 1. The van der Waals surface area contributed by atoms with Crippen molar-refractivity contribution in [2.75, 3.05) is 25.5 Å². The van der Waals surface area contributed by atoms with Crippen molar-refractivity contribution in [2.45, 2.75) is 18.9 Å². The topological polar surface area (TPSA) is 65.6 Å². The van der Waals surface area contributed by atoms with Gasteiger partial charge in [-0.3, -0.25) is 0 Å². The average Bonchev–Trinajstić information content (AvgIpc) is 3.13. The van der Waals surface area contributed by atoms with Crippen LogP contribution in [0.5, 0.6) is 5.75 Å². The van der Waals surface area contributed by atoms with E-state index in [1.165, 1.54) is 12.5 Å². The first kappa shape index (κ1) is 16.8. The highest BCUT2D eigenvalue weighted by Crippen LogP contribution is 2.38. The minimum absolute atomic E-state index is 0.0508. The summed E-state index contributed by atoms with van der Waals surface area (Å²) >= 11 is 1.62. The van der Waals surface area contributed by atoms with Crippen molar-refractivity contribution >= 4 is 32.9 Å². The Kier molecular flexibility index (Phi) is 4.45. The van der Waals surface area contributed by atoms with Gasteiger partial charge in [0, 0.05) is 23.5 Å². The smallest absolute Gasteiger partial charge is 0.190 e. The highest BCUT2D eigenvalue weighted by atomic mass is 32.1. The zero-order valence-corrected chi connectivity index (χ0v) is 15.3. The number of benzene rings is 1. The molecule has 1 fully saturated rings. The number of aromatic hydroxyl groups is 1. The highest BCUT2D eigenvalue weighted by molar-refractivity contribution is 7.17. The van der Waals surface area contributed by atoms with Gasteiger partial charge >= 0.3 is 0 Å². The van der Waals surface area contributed by atoms with Crippen LogP contribution in [0.1, 0.15) is 12.8 Å². The number of likely N-dealkylation sites (tertiary alicyclic amines) is 1. The average molecular weight is 365 g/mol. The summed E-state index contributed by atoms with van der Waals surface area (Å²) in [5, 5.41) is 25.6. The van der Waals surface area contributed by atoms with Crippen LogP contribution in [0.3, 0.4) is 0 Å². The van der Waals surface area contributed by atoms with Crippen LogP contribution in [0.4, 0.5) is 11.5 Å². The van der Waals surface area contributed by atoms with E-state index in [1.807, 2.05) is 11.4 Å². The maximum absolute atomic E-state index is 10.3. The molecule has 0 bridgehead atoms. The Morgan fingerprint density at radius 2 is 2.23 bits per heavy atom. The molecule has 3 heterocycles. The zero-order valence-electron chi connectivity index (χ0n) is 14.4. The largest absolute Gasteiger partial charge is 0.509 e. The number of likely N-dealkylation sites (N-methyl/N-ethyl adjacent to an activating group) is 1. The lowest BCUT2D eigenvalue weighted by Crippen LogP contribution is -2.39. The van der Waals surface area contributed by atoms with Gasteiger partial charge in [-0.1, -0.05) is 12.1 Å². The first-order chi connectivity index (χ1) is 12.7. The van der Waals surface area contributed by atoms with Gasteiger partial charge in [-0.2, -0.15) is 0 Å². The summed E-state index contributed by atoms with van der Waals surface area (Å²) in [6.07, 6.45) is 2.30.